The summed E-state index contributed by atoms with van der Waals surface area (Å²) in [5.41, 5.74) is 4.88. The van der Waals surface area contributed by atoms with E-state index in [4.69, 9.17) is 5.41 Å². The molecule has 11 nitrogen and oxygen atoms in total. The predicted octanol–water partition coefficient (Wildman–Crippen LogP) is 2.16. The van der Waals surface area contributed by atoms with Gasteiger partial charge >= 0.3 is 0 Å². The first-order valence-electron chi connectivity index (χ1n) is 15.2. The molecule has 2 aromatic rings. The lowest BCUT2D eigenvalue weighted by atomic mass is 9.95. The van der Waals surface area contributed by atoms with Gasteiger partial charge in [-0.15, -0.1) is 0 Å². The van der Waals surface area contributed by atoms with E-state index < -0.39 is 6.04 Å². The number of amidine groups is 1. The highest BCUT2D eigenvalue weighted by molar-refractivity contribution is 6.05. The Morgan fingerprint density at radius 3 is 2.47 bits per heavy atom. The van der Waals surface area contributed by atoms with Crippen LogP contribution in [0.25, 0.3) is 0 Å². The lowest BCUT2D eigenvalue weighted by Gasteiger charge is -2.40. The minimum absolute atomic E-state index is 0.140. The number of fused-ring (bicyclic) bond motifs is 1. The summed E-state index contributed by atoms with van der Waals surface area (Å²) >= 11 is 0. The molecule has 0 radical (unpaired) electrons. The van der Waals surface area contributed by atoms with Crippen LogP contribution in [0.4, 0.5) is 11.4 Å². The van der Waals surface area contributed by atoms with Crippen molar-refractivity contribution in [3.8, 4) is 0 Å². The van der Waals surface area contributed by atoms with E-state index in [2.05, 4.69) is 31.4 Å². The Morgan fingerprint density at radius 1 is 1.00 bits per heavy atom. The van der Waals surface area contributed by atoms with Gasteiger partial charge in [0.2, 0.25) is 11.8 Å². The third kappa shape index (κ3) is 5.86. The van der Waals surface area contributed by atoms with Crippen LogP contribution in [-0.4, -0.2) is 103 Å². The van der Waals surface area contributed by atoms with Crippen molar-refractivity contribution in [2.45, 2.75) is 38.3 Å². The number of hydrogen-bond donors (Lipinski definition) is 3. The molecule has 2 aromatic carbocycles. The van der Waals surface area contributed by atoms with Gasteiger partial charge in [0.05, 0.1) is 0 Å². The van der Waals surface area contributed by atoms with Gasteiger partial charge in [-0.2, -0.15) is 0 Å². The Morgan fingerprint density at radius 2 is 1.77 bits per heavy atom. The summed E-state index contributed by atoms with van der Waals surface area (Å²) in [6.07, 6.45) is 3.52. The molecule has 11 heteroatoms. The number of amides is 3. The first kappa shape index (κ1) is 28.9. The molecule has 0 spiro atoms. The van der Waals surface area contributed by atoms with Crippen molar-refractivity contribution in [2.75, 3.05) is 63.1 Å². The Kier molecular flexibility index (Phi) is 8.16. The summed E-state index contributed by atoms with van der Waals surface area (Å²) in [4.78, 5) is 56.9. The largest absolute Gasteiger partial charge is 0.388 e. The van der Waals surface area contributed by atoms with Gasteiger partial charge in [-0.1, -0.05) is 0 Å². The van der Waals surface area contributed by atoms with Crippen LogP contribution in [0.1, 0.15) is 57.5 Å². The van der Waals surface area contributed by atoms with Crippen molar-refractivity contribution < 1.29 is 19.2 Å². The minimum Gasteiger partial charge on any atom is -0.388 e. The standard InChI is InChI=1S/C32H39N7O4/c1-34-27-5-2-22(20-40)16-26(27)30(33)38-10-8-21(9-11-38)18-36-12-14-37(15-13-36)24-3-4-25-23(17-24)19-39(32(25)43)28-6-7-29(41)35-31(28)42/h2-5,16-17,20-21,28,33-34H,6-15,18-19H2,1H3,(H,35,41,42). The van der Waals surface area contributed by atoms with Crippen molar-refractivity contribution in [2.24, 2.45) is 5.92 Å². The van der Waals surface area contributed by atoms with Gasteiger partial charge in [0.1, 0.15) is 18.2 Å². The third-order valence-electron chi connectivity index (χ3n) is 9.40. The smallest absolute Gasteiger partial charge is 0.255 e. The van der Waals surface area contributed by atoms with Gasteiger partial charge in [0, 0.05) is 93.9 Å². The predicted molar refractivity (Wildman–Crippen MR) is 164 cm³/mol. The number of likely N-dealkylation sites (tertiary alicyclic amines) is 1. The van der Waals surface area contributed by atoms with E-state index >= 15 is 0 Å². The number of piperidine rings is 2. The second-order valence-corrected chi connectivity index (χ2v) is 12.0. The molecule has 3 amide bonds. The van der Waals surface area contributed by atoms with Crippen molar-refractivity contribution >= 4 is 41.2 Å². The normalized spacial score (nSPS) is 21.6. The summed E-state index contributed by atoms with van der Waals surface area (Å²) < 4.78 is 0. The van der Waals surface area contributed by atoms with Crippen molar-refractivity contribution in [1.29, 1.82) is 5.41 Å². The molecule has 226 valence electrons. The van der Waals surface area contributed by atoms with Crippen LogP contribution in [0.3, 0.4) is 0 Å². The third-order valence-corrected chi connectivity index (χ3v) is 9.40. The molecule has 0 aliphatic carbocycles. The number of imide groups is 1. The van der Waals surface area contributed by atoms with Gasteiger partial charge in [0.15, 0.2) is 0 Å². The zero-order valence-corrected chi connectivity index (χ0v) is 24.6. The number of hydrogen-bond acceptors (Lipinski definition) is 8. The monoisotopic (exact) mass is 585 g/mol. The molecule has 4 aliphatic rings. The molecule has 3 fully saturated rings. The highest BCUT2D eigenvalue weighted by Crippen LogP contribution is 2.31. The molecule has 3 saturated heterocycles. The number of nitrogens with zero attached hydrogens (tertiary/aromatic N) is 4. The van der Waals surface area contributed by atoms with Crippen molar-refractivity contribution in [3.63, 3.8) is 0 Å². The summed E-state index contributed by atoms with van der Waals surface area (Å²) in [5.74, 6) is 0.254. The number of rotatable bonds is 7. The van der Waals surface area contributed by atoms with Crippen LogP contribution in [0.2, 0.25) is 0 Å². The van der Waals surface area contributed by atoms with Crippen LogP contribution >= 0.6 is 0 Å². The Labute approximate surface area is 251 Å². The van der Waals surface area contributed by atoms with Gasteiger partial charge in [0.25, 0.3) is 5.91 Å². The average molecular weight is 586 g/mol. The maximum atomic E-state index is 13.0. The van der Waals surface area contributed by atoms with E-state index in [0.717, 1.165) is 87.4 Å². The van der Waals surface area contributed by atoms with Gasteiger partial charge in [-0.3, -0.25) is 34.8 Å². The summed E-state index contributed by atoms with van der Waals surface area (Å²) in [6.45, 7) is 6.88. The van der Waals surface area contributed by atoms with Crippen molar-refractivity contribution in [1.82, 2.24) is 20.0 Å². The number of anilines is 2. The fourth-order valence-corrected chi connectivity index (χ4v) is 6.87. The second-order valence-electron chi connectivity index (χ2n) is 12.0. The second kappa shape index (κ2) is 12.2. The fourth-order valence-electron chi connectivity index (χ4n) is 6.87. The maximum absolute atomic E-state index is 13.0. The number of aldehydes is 1. The highest BCUT2D eigenvalue weighted by Gasteiger charge is 2.39. The summed E-state index contributed by atoms with van der Waals surface area (Å²) in [7, 11) is 1.83. The number of benzene rings is 2. The van der Waals surface area contributed by atoms with Gasteiger partial charge < -0.3 is 20.0 Å². The van der Waals surface area contributed by atoms with Gasteiger partial charge in [-0.25, -0.2) is 0 Å². The topological polar surface area (TPSA) is 129 Å². The Balaban J connectivity index is 0.990. The van der Waals surface area contributed by atoms with E-state index in [-0.39, 0.29) is 24.1 Å². The zero-order chi connectivity index (χ0) is 30.1. The SMILES string of the molecule is CNc1ccc(C=O)cc1C(=N)N1CCC(CN2CCN(c3ccc4c(c3)CN(C3CCC(=O)NC3=O)C4=O)CC2)CC1. The molecule has 6 rings (SSSR count). The maximum Gasteiger partial charge on any atom is 0.255 e. The van der Waals surface area contributed by atoms with Crippen LogP contribution in [0, 0.1) is 11.3 Å². The highest BCUT2D eigenvalue weighted by atomic mass is 16.2. The molecule has 4 aliphatic heterocycles. The Bertz CT molecular complexity index is 1440. The van der Waals surface area contributed by atoms with Gasteiger partial charge in [-0.05, 0) is 67.1 Å². The molecule has 0 bridgehead atoms. The first-order valence-corrected chi connectivity index (χ1v) is 15.2. The van der Waals surface area contributed by atoms with Crippen LogP contribution < -0.4 is 15.5 Å². The molecule has 3 N–H and O–H groups in total. The van der Waals surface area contributed by atoms with Crippen molar-refractivity contribution in [3.05, 3.63) is 58.7 Å². The van der Waals surface area contributed by atoms with E-state index in [1.54, 1.807) is 17.0 Å². The quantitative estimate of drug-likeness (QED) is 0.195. The molecule has 1 atom stereocenters. The molecular formula is C32H39N7O4. The van der Waals surface area contributed by atoms with E-state index in [1.165, 1.54) is 0 Å². The number of carbonyl (C=O) groups excluding carboxylic acids is 4. The molecule has 43 heavy (non-hydrogen) atoms. The number of carbonyl (C=O) groups is 4. The van der Waals surface area contributed by atoms with Crippen LogP contribution in [0.5, 0.6) is 0 Å². The molecule has 0 aromatic heterocycles. The first-order chi connectivity index (χ1) is 20.8. The van der Waals surface area contributed by atoms with E-state index in [1.807, 2.05) is 25.2 Å². The van der Waals surface area contributed by atoms with E-state index in [0.29, 0.717) is 35.8 Å². The lowest BCUT2D eigenvalue weighted by Crippen LogP contribution is -2.52. The molecule has 4 heterocycles. The Hall–Kier alpha value is -4.25. The van der Waals surface area contributed by atoms with E-state index in [9.17, 15) is 19.2 Å². The zero-order valence-electron chi connectivity index (χ0n) is 24.6. The number of piperazine rings is 1. The summed E-state index contributed by atoms with van der Waals surface area (Å²) in [5, 5.41) is 14.3. The van der Waals surface area contributed by atoms with Crippen LogP contribution in [0.15, 0.2) is 36.4 Å². The average Bonchev–Trinajstić information content (AvgIpc) is 3.36. The van der Waals surface area contributed by atoms with Crippen LogP contribution in [-0.2, 0) is 16.1 Å². The molecular weight excluding hydrogens is 546 g/mol. The fraction of sp³-hybridized carbons (Fsp3) is 0.469. The molecule has 1 unspecified atom stereocenters. The lowest BCUT2D eigenvalue weighted by molar-refractivity contribution is -0.136. The minimum atomic E-state index is -0.596. The number of nitrogens with one attached hydrogen (secondary N) is 3. The summed E-state index contributed by atoms with van der Waals surface area (Å²) in [6, 6.07) is 10.8. The molecule has 0 saturated carbocycles.